The number of hydrogen-bond acceptors (Lipinski definition) is 8. The molecule has 0 atom stereocenters. The van der Waals surface area contributed by atoms with E-state index >= 15 is 0 Å². The molecule has 0 spiro atoms. The van der Waals surface area contributed by atoms with Crippen LogP contribution < -0.4 is 15.4 Å². The molecule has 8 heteroatoms. The summed E-state index contributed by atoms with van der Waals surface area (Å²) in [6, 6.07) is 0.266. The minimum atomic E-state index is 0.196. The molecule has 2 heterocycles. The number of nitrogens with zero attached hydrogens (tertiary/aromatic N) is 6. The number of ether oxygens (including phenoxy) is 1. The lowest BCUT2D eigenvalue weighted by molar-refractivity contribution is 0.228. The van der Waals surface area contributed by atoms with Crippen LogP contribution in [0.15, 0.2) is 0 Å². The highest BCUT2D eigenvalue weighted by molar-refractivity contribution is 5.36. The minimum Gasteiger partial charge on any atom is -0.467 e. The number of aromatic nitrogens is 3. The summed E-state index contributed by atoms with van der Waals surface area (Å²) in [5, 5.41) is 0. The molecule has 1 saturated heterocycles. The number of methoxy groups -OCH3 is 1. The quantitative estimate of drug-likeness (QED) is 0.747. The Hall–Kier alpha value is -1.67. The van der Waals surface area contributed by atoms with Crippen molar-refractivity contribution in [2.45, 2.75) is 0 Å². The van der Waals surface area contributed by atoms with Gasteiger partial charge in [0.1, 0.15) is 0 Å². The third-order valence-electron chi connectivity index (χ3n) is 3.32. The zero-order valence-corrected chi connectivity index (χ0v) is 12.4. The van der Waals surface area contributed by atoms with E-state index in [0.717, 1.165) is 39.3 Å². The van der Waals surface area contributed by atoms with Crippen molar-refractivity contribution in [2.24, 2.45) is 0 Å². The van der Waals surface area contributed by atoms with Crippen LogP contribution in [-0.4, -0.2) is 85.2 Å². The highest BCUT2D eigenvalue weighted by Crippen LogP contribution is 2.15. The van der Waals surface area contributed by atoms with Crippen molar-refractivity contribution < 1.29 is 4.74 Å². The third kappa shape index (κ3) is 3.91. The first-order valence-corrected chi connectivity index (χ1v) is 6.76. The molecule has 0 aliphatic carbocycles. The van der Waals surface area contributed by atoms with E-state index in [-0.39, 0.29) is 12.0 Å². The molecule has 1 fully saturated rings. The van der Waals surface area contributed by atoms with Crippen LogP contribution in [0, 0.1) is 0 Å². The summed E-state index contributed by atoms with van der Waals surface area (Å²) >= 11 is 0. The Bertz CT molecular complexity index is 432. The first-order valence-electron chi connectivity index (χ1n) is 6.76. The van der Waals surface area contributed by atoms with Crippen LogP contribution in [0.1, 0.15) is 0 Å². The summed E-state index contributed by atoms with van der Waals surface area (Å²) in [6.45, 7) is 5.94. The van der Waals surface area contributed by atoms with Crippen molar-refractivity contribution in [3.8, 4) is 6.01 Å². The van der Waals surface area contributed by atoms with Gasteiger partial charge in [-0.05, 0) is 14.1 Å². The Labute approximate surface area is 119 Å². The van der Waals surface area contributed by atoms with Gasteiger partial charge in [0.15, 0.2) is 0 Å². The first-order chi connectivity index (χ1) is 9.58. The van der Waals surface area contributed by atoms with E-state index in [9.17, 15) is 0 Å². The number of nitrogen functional groups attached to an aromatic ring is 1. The topological polar surface area (TPSA) is 83.6 Å². The molecule has 0 unspecified atom stereocenters. The van der Waals surface area contributed by atoms with Gasteiger partial charge in [-0.25, -0.2) is 0 Å². The highest BCUT2D eigenvalue weighted by Gasteiger charge is 2.20. The van der Waals surface area contributed by atoms with E-state index in [2.05, 4.69) is 43.7 Å². The Morgan fingerprint density at radius 1 is 1.15 bits per heavy atom. The zero-order valence-electron chi connectivity index (χ0n) is 12.4. The minimum absolute atomic E-state index is 0.196. The van der Waals surface area contributed by atoms with Gasteiger partial charge < -0.3 is 20.3 Å². The van der Waals surface area contributed by atoms with E-state index in [1.165, 1.54) is 7.11 Å². The van der Waals surface area contributed by atoms with E-state index < -0.39 is 0 Å². The lowest BCUT2D eigenvalue weighted by atomic mass is 10.3. The van der Waals surface area contributed by atoms with E-state index in [0.29, 0.717) is 5.95 Å². The summed E-state index contributed by atoms with van der Waals surface area (Å²) in [7, 11) is 5.71. The molecule has 0 radical (unpaired) electrons. The van der Waals surface area contributed by atoms with Crippen molar-refractivity contribution >= 4 is 11.9 Å². The van der Waals surface area contributed by atoms with Gasteiger partial charge in [0.2, 0.25) is 11.9 Å². The number of rotatable bonds is 5. The SMILES string of the molecule is COc1nc(N)nc(N2CCN(CCN(C)C)CC2)n1. The third-order valence-corrected chi connectivity index (χ3v) is 3.32. The summed E-state index contributed by atoms with van der Waals surface area (Å²) in [4.78, 5) is 19.1. The standard InChI is InChI=1S/C12H23N7O/c1-17(2)4-5-18-6-8-19(9-7-18)11-14-10(13)15-12(16-11)20-3/h4-9H2,1-3H3,(H2,13,14,15,16). The molecule has 8 nitrogen and oxygen atoms in total. The maximum atomic E-state index is 5.67. The summed E-state index contributed by atoms with van der Waals surface area (Å²) in [5.41, 5.74) is 5.67. The lowest BCUT2D eigenvalue weighted by Crippen LogP contribution is -2.48. The monoisotopic (exact) mass is 281 g/mol. The van der Waals surface area contributed by atoms with E-state index in [4.69, 9.17) is 10.5 Å². The van der Waals surface area contributed by atoms with Gasteiger partial charge in [0, 0.05) is 39.3 Å². The van der Waals surface area contributed by atoms with Gasteiger partial charge in [-0.2, -0.15) is 15.0 Å². The molecular formula is C12H23N7O. The predicted molar refractivity (Wildman–Crippen MR) is 78.0 cm³/mol. The molecule has 1 aromatic heterocycles. The molecule has 20 heavy (non-hydrogen) atoms. The van der Waals surface area contributed by atoms with Crippen molar-refractivity contribution in [1.82, 2.24) is 24.8 Å². The van der Waals surface area contributed by atoms with Crippen LogP contribution in [0.25, 0.3) is 0 Å². The van der Waals surface area contributed by atoms with Crippen LogP contribution in [-0.2, 0) is 0 Å². The molecule has 0 amide bonds. The Balaban J connectivity index is 1.91. The Kier molecular flexibility index (Phi) is 4.91. The van der Waals surface area contributed by atoms with E-state index in [1.807, 2.05) is 0 Å². The second kappa shape index (κ2) is 6.67. The average molecular weight is 281 g/mol. The van der Waals surface area contributed by atoms with Crippen molar-refractivity contribution in [1.29, 1.82) is 0 Å². The summed E-state index contributed by atoms with van der Waals surface area (Å²) in [5.74, 6) is 0.795. The van der Waals surface area contributed by atoms with Crippen LogP contribution >= 0.6 is 0 Å². The van der Waals surface area contributed by atoms with Crippen LogP contribution in [0.3, 0.4) is 0 Å². The normalized spacial score (nSPS) is 16.7. The Morgan fingerprint density at radius 2 is 1.85 bits per heavy atom. The summed E-state index contributed by atoms with van der Waals surface area (Å²) < 4.78 is 5.03. The summed E-state index contributed by atoms with van der Waals surface area (Å²) in [6.07, 6.45) is 0. The molecule has 112 valence electrons. The fraction of sp³-hybridized carbons (Fsp3) is 0.750. The highest BCUT2D eigenvalue weighted by atomic mass is 16.5. The van der Waals surface area contributed by atoms with Crippen molar-refractivity contribution in [2.75, 3.05) is 71.1 Å². The van der Waals surface area contributed by atoms with Gasteiger partial charge in [0.05, 0.1) is 7.11 Å². The second-order valence-electron chi connectivity index (χ2n) is 5.11. The molecule has 1 aliphatic rings. The van der Waals surface area contributed by atoms with E-state index in [1.54, 1.807) is 0 Å². The van der Waals surface area contributed by atoms with Crippen molar-refractivity contribution in [3.05, 3.63) is 0 Å². The largest absolute Gasteiger partial charge is 0.467 e. The van der Waals surface area contributed by atoms with Crippen LogP contribution in [0.2, 0.25) is 0 Å². The van der Waals surface area contributed by atoms with Crippen LogP contribution in [0.5, 0.6) is 6.01 Å². The maximum absolute atomic E-state index is 5.67. The molecule has 0 aromatic carbocycles. The number of likely N-dealkylation sites (N-methyl/N-ethyl adjacent to an activating group) is 1. The number of piperazine rings is 1. The fourth-order valence-electron chi connectivity index (χ4n) is 2.11. The first kappa shape index (κ1) is 14.7. The number of anilines is 2. The maximum Gasteiger partial charge on any atom is 0.322 e. The Morgan fingerprint density at radius 3 is 2.45 bits per heavy atom. The number of hydrogen-bond donors (Lipinski definition) is 1. The molecule has 1 aliphatic heterocycles. The lowest BCUT2D eigenvalue weighted by Gasteiger charge is -2.35. The fourth-order valence-corrected chi connectivity index (χ4v) is 2.11. The molecule has 2 rings (SSSR count). The molecular weight excluding hydrogens is 258 g/mol. The van der Waals surface area contributed by atoms with Gasteiger partial charge in [0.25, 0.3) is 0 Å². The molecule has 0 saturated carbocycles. The predicted octanol–water partition coefficient (Wildman–Crippen LogP) is -0.854. The molecule has 1 aromatic rings. The zero-order chi connectivity index (χ0) is 14.5. The van der Waals surface area contributed by atoms with Gasteiger partial charge in [-0.1, -0.05) is 0 Å². The second-order valence-corrected chi connectivity index (χ2v) is 5.11. The molecule has 0 bridgehead atoms. The van der Waals surface area contributed by atoms with Crippen LogP contribution in [0.4, 0.5) is 11.9 Å². The molecule has 2 N–H and O–H groups in total. The van der Waals surface area contributed by atoms with Gasteiger partial charge in [-0.3, -0.25) is 4.90 Å². The van der Waals surface area contributed by atoms with Gasteiger partial charge in [-0.15, -0.1) is 0 Å². The number of nitrogens with two attached hydrogens (primary N) is 1. The van der Waals surface area contributed by atoms with Gasteiger partial charge >= 0.3 is 6.01 Å². The van der Waals surface area contributed by atoms with Crippen molar-refractivity contribution in [3.63, 3.8) is 0 Å². The smallest absolute Gasteiger partial charge is 0.322 e. The average Bonchev–Trinajstić information content (AvgIpc) is 2.45.